The molecule has 2 aliphatic rings. The molecule has 0 bridgehead atoms. The van der Waals surface area contributed by atoms with Crippen molar-refractivity contribution in [3.63, 3.8) is 0 Å². The molecule has 6 heteroatoms. The number of carbonyl (C=O) groups is 1. The van der Waals surface area contributed by atoms with E-state index in [-0.39, 0.29) is 11.9 Å². The molecule has 0 saturated carbocycles. The quantitative estimate of drug-likeness (QED) is 0.509. The smallest absolute Gasteiger partial charge is 0.308 e. The Morgan fingerprint density at radius 3 is 2.77 bits per heavy atom. The predicted octanol–water partition coefficient (Wildman–Crippen LogP) is 2.03. The van der Waals surface area contributed by atoms with Crippen LogP contribution in [0.3, 0.4) is 0 Å². The molecule has 0 aliphatic carbocycles. The van der Waals surface area contributed by atoms with Crippen LogP contribution in [0.1, 0.15) is 30.4 Å². The Hall–Kier alpha value is -2.24. The molecule has 2 heterocycles. The van der Waals surface area contributed by atoms with Crippen LogP contribution in [0.5, 0.6) is 0 Å². The third kappa shape index (κ3) is 4.11. The van der Waals surface area contributed by atoms with E-state index < -0.39 is 0 Å². The van der Waals surface area contributed by atoms with Gasteiger partial charge < -0.3 is 19.9 Å². The number of anilines is 1. The van der Waals surface area contributed by atoms with Crippen molar-refractivity contribution in [2.45, 2.75) is 32.2 Å². The van der Waals surface area contributed by atoms with Gasteiger partial charge in [-0.1, -0.05) is 12.1 Å². The van der Waals surface area contributed by atoms with Gasteiger partial charge >= 0.3 is 5.97 Å². The fourth-order valence-corrected chi connectivity index (χ4v) is 3.96. The zero-order valence-corrected chi connectivity index (χ0v) is 16.1. The van der Waals surface area contributed by atoms with E-state index in [1.54, 1.807) is 0 Å². The van der Waals surface area contributed by atoms with E-state index in [4.69, 9.17) is 4.74 Å². The second kappa shape index (κ2) is 8.43. The van der Waals surface area contributed by atoms with Crippen molar-refractivity contribution < 1.29 is 9.53 Å². The monoisotopic (exact) mass is 358 g/mol. The lowest BCUT2D eigenvalue weighted by atomic mass is 9.97. The summed E-state index contributed by atoms with van der Waals surface area (Å²) >= 11 is 0. The van der Waals surface area contributed by atoms with Gasteiger partial charge in [0.2, 0.25) is 0 Å². The number of esters is 1. The molecule has 1 fully saturated rings. The highest BCUT2D eigenvalue weighted by atomic mass is 16.5. The highest BCUT2D eigenvalue weighted by Gasteiger charge is 2.27. The zero-order valence-electron chi connectivity index (χ0n) is 16.1. The first kappa shape index (κ1) is 18.5. The number of likely N-dealkylation sites (tertiary alicyclic amines) is 1. The topological polar surface area (TPSA) is 57.2 Å². The van der Waals surface area contributed by atoms with Crippen molar-refractivity contribution in [1.29, 1.82) is 0 Å². The molecule has 3 rings (SSSR count). The minimum Gasteiger partial charge on any atom is -0.469 e. The molecule has 26 heavy (non-hydrogen) atoms. The van der Waals surface area contributed by atoms with Gasteiger partial charge in [0.25, 0.3) is 0 Å². The van der Waals surface area contributed by atoms with Crippen LogP contribution in [0.15, 0.2) is 23.2 Å². The lowest BCUT2D eigenvalue weighted by Gasteiger charge is -2.33. The summed E-state index contributed by atoms with van der Waals surface area (Å²) < 4.78 is 4.86. The van der Waals surface area contributed by atoms with Crippen LogP contribution < -0.4 is 10.2 Å². The lowest BCUT2D eigenvalue weighted by molar-refractivity contribution is -0.146. The van der Waals surface area contributed by atoms with Crippen LogP contribution in [0.4, 0.5) is 5.69 Å². The maximum absolute atomic E-state index is 11.7. The molecule has 0 atom stereocenters. The molecule has 1 saturated heterocycles. The molecule has 0 amide bonds. The second-order valence-electron chi connectivity index (χ2n) is 7.17. The van der Waals surface area contributed by atoms with Crippen LogP contribution in [-0.2, 0) is 22.5 Å². The number of carbonyl (C=O) groups excluding carboxylic acids is 1. The summed E-state index contributed by atoms with van der Waals surface area (Å²) in [7, 11) is 5.44. The normalized spacial score (nSPS) is 18.5. The molecule has 0 radical (unpaired) electrons. The number of fused-ring (bicyclic) bond motifs is 1. The van der Waals surface area contributed by atoms with Crippen molar-refractivity contribution in [1.82, 2.24) is 10.2 Å². The number of benzene rings is 1. The third-order valence-electron chi connectivity index (χ3n) is 5.49. The number of nitrogens with zero attached hydrogens (tertiary/aromatic N) is 3. The third-order valence-corrected chi connectivity index (χ3v) is 5.49. The predicted molar refractivity (Wildman–Crippen MR) is 105 cm³/mol. The van der Waals surface area contributed by atoms with Crippen LogP contribution in [0.25, 0.3) is 0 Å². The summed E-state index contributed by atoms with van der Waals surface area (Å²) in [6.07, 6.45) is 4.01. The molecule has 1 aromatic rings. The number of hydrogen-bond acceptors (Lipinski definition) is 4. The van der Waals surface area contributed by atoms with E-state index in [9.17, 15) is 4.79 Å². The number of methoxy groups -OCH3 is 1. The van der Waals surface area contributed by atoms with Gasteiger partial charge in [-0.15, -0.1) is 0 Å². The van der Waals surface area contributed by atoms with Crippen LogP contribution in [0, 0.1) is 5.92 Å². The van der Waals surface area contributed by atoms with Crippen LogP contribution >= 0.6 is 0 Å². The summed E-state index contributed by atoms with van der Waals surface area (Å²) in [4.78, 5) is 20.7. The first-order chi connectivity index (χ1) is 12.6. The van der Waals surface area contributed by atoms with Gasteiger partial charge in [-0.2, -0.15) is 0 Å². The Labute approximate surface area is 156 Å². The number of aryl methyl sites for hydroxylation is 1. The fraction of sp³-hybridized carbons (Fsp3) is 0.600. The first-order valence-corrected chi connectivity index (χ1v) is 9.48. The molecule has 0 unspecified atom stereocenters. The summed E-state index contributed by atoms with van der Waals surface area (Å²) in [5.41, 5.74) is 4.07. The number of guanidine groups is 1. The highest BCUT2D eigenvalue weighted by molar-refractivity contribution is 5.80. The molecular weight excluding hydrogens is 328 g/mol. The van der Waals surface area contributed by atoms with Crippen LogP contribution in [0.2, 0.25) is 0 Å². The van der Waals surface area contributed by atoms with E-state index in [1.807, 2.05) is 7.05 Å². The summed E-state index contributed by atoms with van der Waals surface area (Å²) in [5, 5.41) is 3.48. The Morgan fingerprint density at radius 1 is 1.31 bits per heavy atom. The van der Waals surface area contributed by atoms with Gasteiger partial charge in [0.15, 0.2) is 5.96 Å². The Balaban J connectivity index is 1.56. The first-order valence-electron chi connectivity index (χ1n) is 9.48. The Morgan fingerprint density at radius 2 is 2.08 bits per heavy atom. The standard InChI is InChI=1S/C20H30N4O2/c1-21-20(24-11-8-16(9-12-24)19(25)26-3)22-14-15-6-7-18-17(13-15)5-4-10-23(18)2/h6-7,13,16H,4-5,8-12,14H2,1-3H3,(H,21,22). The second-order valence-corrected chi connectivity index (χ2v) is 7.17. The average molecular weight is 358 g/mol. The van der Waals surface area contributed by atoms with E-state index >= 15 is 0 Å². The van der Waals surface area contributed by atoms with Gasteiger partial charge in [-0.25, -0.2) is 0 Å². The Kier molecular flexibility index (Phi) is 6.01. The molecule has 0 aromatic heterocycles. The van der Waals surface area contributed by atoms with Gasteiger partial charge in [0.1, 0.15) is 0 Å². The summed E-state index contributed by atoms with van der Waals surface area (Å²) in [6.45, 7) is 3.56. The van der Waals surface area contributed by atoms with Crippen LogP contribution in [-0.4, -0.2) is 57.7 Å². The minimum absolute atomic E-state index is 0.0204. The van der Waals surface area contributed by atoms with Gasteiger partial charge in [-0.05, 0) is 42.9 Å². The van der Waals surface area contributed by atoms with Crippen molar-refractivity contribution in [2.24, 2.45) is 10.9 Å². The maximum atomic E-state index is 11.7. The van der Waals surface area contributed by atoms with Crippen molar-refractivity contribution in [2.75, 3.05) is 45.7 Å². The zero-order chi connectivity index (χ0) is 18.5. The molecule has 6 nitrogen and oxygen atoms in total. The molecule has 2 aliphatic heterocycles. The van der Waals surface area contributed by atoms with Gasteiger partial charge in [0, 0.05) is 46.0 Å². The highest BCUT2D eigenvalue weighted by Crippen LogP contribution is 2.26. The Bertz CT molecular complexity index is 666. The number of hydrogen-bond donors (Lipinski definition) is 1. The average Bonchev–Trinajstić information content (AvgIpc) is 2.68. The number of ether oxygens (including phenoxy) is 1. The van der Waals surface area contributed by atoms with E-state index in [0.29, 0.717) is 0 Å². The lowest BCUT2D eigenvalue weighted by Crippen LogP contribution is -2.46. The number of aliphatic imine (C=N–C) groups is 1. The molecule has 1 N–H and O–H groups in total. The van der Waals surface area contributed by atoms with E-state index in [1.165, 1.54) is 30.3 Å². The number of rotatable bonds is 3. The summed E-state index contributed by atoms with van der Waals surface area (Å²) in [6, 6.07) is 6.75. The van der Waals surface area contributed by atoms with Gasteiger partial charge in [0.05, 0.1) is 13.0 Å². The van der Waals surface area contributed by atoms with Crippen molar-refractivity contribution in [3.8, 4) is 0 Å². The number of piperidine rings is 1. The number of nitrogens with one attached hydrogen (secondary N) is 1. The van der Waals surface area contributed by atoms with E-state index in [0.717, 1.165) is 51.4 Å². The van der Waals surface area contributed by atoms with E-state index in [2.05, 4.69) is 45.4 Å². The van der Waals surface area contributed by atoms with Crippen molar-refractivity contribution in [3.05, 3.63) is 29.3 Å². The molecule has 0 spiro atoms. The minimum atomic E-state index is -0.0911. The molecule has 142 valence electrons. The maximum Gasteiger partial charge on any atom is 0.308 e. The largest absolute Gasteiger partial charge is 0.469 e. The van der Waals surface area contributed by atoms with Gasteiger partial charge in [-0.3, -0.25) is 9.79 Å². The van der Waals surface area contributed by atoms with Crippen molar-refractivity contribution >= 4 is 17.6 Å². The SMILES string of the molecule is CN=C(NCc1ccc2c(c1)CCCN2C)N1CCC(C(=O)OC)CC1. The fourth-order valence-electron chi connectivity index (χ4n) is 3.96. The summed E-state index contributed by atoms with van der Waals surface area (Å²) in [5.74, 6) is 0.835. The molecular formula is C20H30N4O2. The molecule has 1 aromatic carbocycles.